The maximum absolute atomic E-state index is 12.5. The smallest absolute Gasteiger partial charge is 0.328 e. The molecule has 1 unspecified atom stereocenters. The van der Waals surface area contributed by atoms with E-state index in [4.69, 9.17) is 4.74 Å². The summed E-state index contributed by atoms with van der Waals surface area (Å²) in [6, 6.07) is 12.3. The summed E-state index contributed by atoms with van der Waals surface area (Å²) in [5.41, 5.74) is 3.35. The van der Waals surface area contributed by atoms with Crippen molar-refractivity contribution in [1.82, 2.24) is 9.13 Å². The molecule has 2 aromatic carbocycles. The van der Waals surface area contributed by atoms with Gasteiger partial charge in [0.15, 0.2) is 6.61 Å². The number of ether oxygens (including phenoxy) is 1. The number of aryl methyl sites for hydroxylation is 2. The van der Waals surface area contributed by atoms with Crippen molar-refractivity contribution < 1.29 is 17.7 Å². The second-order valence-corrected chi connectivity index (χ2v) is 8.27. The SMILES string of the molecule is C=N/N=C(\OCC(F)F)c1ccc(CN(c2ccc3c(c2)n(C)c(=O)n3C)S(C)=O)cc1. The molecule has 11 heteroatoms. The molecule has 0 saturated heterocycles. The fraction of sp³-hybridized carbons (Fsp3) is 0.286. The lowest BCUT2D eigenvalue weighted by molar-refractivity contribution is 0.0765. The van der Waals surface area contributed by atoms with Crippen LogP contribution in [0.25, 0.3) is 11.0 Å². The maximum Gasteiger partial charge on any atom is 0.328 e. The number of hydrogen-bond donors (Lipinski definition) is 0. The standard InChI is InChI=1S/C21H23F2N5O3S/c1-24-25-20(31-13-19(22)23)15-7-5-14(6-8-15)12-28(32(4)30)16-9-10-17-18(11-16)27(3)21(29)26(17)2/h5-11,19H,1,12-13H2,2-4H3/b25-20-. The molecule has 3 aromatic rings. The van der Waals surface area contributed by atoms with E-state index >= 15 is 0 Å². The van der Waals surface area contributed by atoms with Gasteiger partial charge in [-0.25, -0.2) is 17.8 Å². The minimum absolute atomic E-state index is 0.0572. The van der Waals surface area contributed by atoms with Crippen LogP contribution < -0.4 is 9.99 Å². The summed E-state index contributed by atoms with van der Waals surface area (Å²) in [7, 11) is 2.04. The maximum atomic E-state index is 12.5. The Hall–Kier alpha value is -3.34. The highest BCUT2D eigenvalue weighted by Crippen LogP contribution is 2.24. The van der Waals surface area contributed by atoms with Gasteiger partial charge in [0.25, 0.3) is 6.43 Å². The van der Waals surface area contributed by atoms with Gasteiger partial charge < -0.3 is 4.74 Å². The van der Waals surface area contributed by atoms with Crippen LogP contribution in [-0.2, 0) is 36.4 Å². The van der Waals surface area contributed by atoms with Crippen LogP contribution in [0.5, 0.6) is 0 Å². The number of benzene rings is 2. The number of nitrogens with zero attached hydrogens (tertiary/aromatic N) is 5. The molecule has 32 heavy (non-hydrogen) atoms. The Morgan fingerprint density at radius 3 is 2.41 bits per heavy atom. The Bertz CT molecular complexity index is 1230. The minimum atomic E-state index is -2.64. The fourth-order valence-electron chi connectivity index (χ4n) is 3.28. The fourth-order valence-corrected chi connectivity index (χ4v) is 4.02. The lowest BCUT2D eigenvalue weighted by atomic mass is 10.1. The van der Waals surface area contributed by atoms with Gasteiger partial charge in [-0.15, -0.1) is 5.10 Å². The van der Waals surface area contributed by atoms with Crippen molar-refractivity contribution in [2.75, 3.05) is 17.2 Å². The zero-order valence-corrected chi connectivity index (χ0v) is 18.7. The van der Waals surface area contributed by atoms with E-state index in [1.807, 2.05) is 18.2 Å². The van der Waals surface area contributed by atoms with Gasteiger partial charge in [-0.3, -0.25) is 13.4 Å². The van der Waals surface area contributed by atoms with Gasteiger partial charge >= 0.3 is 5.69 Å². The van der Waals surface area contributed by atoms with Crippen LogP contribution in [-0.4, -0.2) is 45.2 Å². The van der Waals surface area contributed by atoms with Gasteiger partial charge in [-0.1, -0.05) is 12.1 Å². The number of anilines is 1. The Kier molecular flexibility index (Phi) is 7.18. The Morgan fingerprint density at radius 1 is 1.16 bits per heavy atom. The highest BCUT2D eigenvalue weighted by atomic mass is 32.2. The molecule has 8 nitrogen and oxygen atoms in total. The first kappa shape index (κ1) is 23.3. The quantitative estimate of drug-likeness (QED) is 0.293. The molecule has 1 heterocycles. The van der Waals surface area contributed by atoms with Gasteiger partial charge in [0.1, 0.15) is 11.0 Å². The predicted molar refractivity (Wildman–Crippen MR) is 123 cm³/mol. The number of halogens is 2. The van der Waals surface area contributed by atoms with Crippen LogP contribution in [0.4, 0.5) is 14.5 Å². The monoisotopic (exact) mass is 463 g/mol. The second kappa shape index (κ2) is 9.86. The van der Waals surface area contributed by atoms with Crippen molar-refractivity contribution in [2.45, 2.75) is 13.0 Å². The Morgan fingerprint density at radius 2 is 1.81 bits per heavy atom. The van der Waals surface area contributed by atoms with Crippen LogP contribution >= 0.6 is 0 Å². The summed E-state index contributed by atoms with van der Waals surface area (Å²) in [6.45, 7) is 2.75. The summed E-state index contributed by atoms with van der Waals surface area (Å²) in [6.07, 6.45) is -1.07. The van der Waals surface area contributed by atoms with Crippen molar-refractivity contribution in [2.24, 2.45) is 24.3 Å². The van der Waals surface area contributed by atoms with Crippen LogP contribution in [0, 0.1) is 0 Å². The van der Waals surface area contributed by atoms with E-state index in [-0.39, 0.29) is 11.6 Å². The molecule has 1 aromatic heterocycles. The second-order valence-electron chi connectivity index (χ2n) is 6.98. The number of alkyl halides is 2. The summed E-state index contributed by atoms with van der Waals surface area (Å²) >= 11 is 0. The molecule has 0 aliphatic heterocycles. The van der Waals surface area contributed by atoms with Crippen molar-refractivity contribution in [3.63, 3.8) is 0 Å². The van der Waals surface area contributed by atoms with Gasteiger partial charge in [0.2, 0.25) is 5.90 Å². The lowest BCUT2D eigenvalue weighted by Gasteiger charge is -2.22. The summed E-state index contributed by atoms with van der Waals surface area (Å²) in [5.74, 6) is -0.0572. The molecule has 0 aliphatic carbocycles. The molecule has 0 aliphatic rings. The molecule has 0 N–H and O–H groups in total. The molecule has 0 spiro atoms. The summed E-state index contributed by atoms with van der Waals surface area (Å²) < 4.78 is 47.2. The van der Waals surface area contributed by atoms with Gasteiger partial charge in [-0.2, -0.15) is 5.10 Å². The molecule has 0 bridgehead atoms. The van der Waals surface area contributed by atoms with Crippen LogP contribution in [0.15, 0.2) is 57.5 Å². The number of aromatic nitrogens is 2. The third kappa shape index (κ3) is 4.93. The van der Waals surface area contributed by atoms with Crippen LogP contribution in [0.1, 0.15) is 11.1 Å². The third-order valence-corrected chi connectivity index (χ3v) is 5.85. The van der Waals surface area contributed by atoms with Crippen molar-refractivity contribution in [1.29, 1.82) is 0 Å². The van der Waals surface area contributed by atoms with Gasteiger partial charge in [0, 0.05) is 32.6 Å². The van der Waals surface area contributed by atoms with Crippen molar-refractivity contribution in [3.05, 3.63) is 64.1 Å². The molecule has 0 saturated carbocycles. The van der Waals surface area contributed by atoms with Crippen LogP contribution in [0.2, 0.25) is 0 Å². The number of imidazole rings is 1. The predicted octanol–water partition coefficient (Wildman–Crippen LogP) is 2.82. The van der Waals surface area contributed by atoms with Crippen LogP contribution in [0.3, 0.4) is 0 Å². The normalized spacial score (nSPS) is 12.9. The molecular formula is C21H23F2N5O3S. The largest absolute Gasteiger partial charge is 0.470 e. The zero-order valence-electron chi connectivity index (χ0n) is 17.9. The highest BCUT2D eigenvalue weighted by Gasteiger charge is 2.16. The molecule has 0 radical (unpaired) electrons. The van der Waals surface area contributed by atoms with Gasteiger partial charge in [0.05, 0.1) is 23.3 Å². The topological polar surface area (TPSA) is 81.2 Å². The highest BCUT2D eigenvalue weighted by molar-refractivity contribution is 7.85. The minimum Gasteiger partial charge on any atom is -0.470 e. The average molecular weight is 464 g/mol. The first-order valence-electron chi connectivity index (χ1n) is 9.53. The van der Waals surface area contributed by atoms with E-state index in [9.17, 15) is 17.8 Å². The Balaban J connectivity index is 1.87. The lowest BCUT2D eigenvalue weighted by Crippen LogP contribution is -2.24. The number of fused-ring (bicyclic) bond motifs is 1. The molecule has 3 rings (SSSR count). The van der Waals surface area contributed by atoms with Gasteiger partial charge in [-0.05, 0) is 35.9 Å². The van der Waals surface area contributed by atoms with E-state index in [0.717, 1.165) is 16.6 Å². The molecular weight excluding hydrogens is 440 g/mol. The number of rotatable bonds is 8. The van der Waals surface area contributed by atoms with Crippen molar-refractivity contribution in [3.8, 4) is 0 Å². The molecule has 170 valence electrons. The average Bonchev–Trinajstić information content (AvgIpc) is 2.98. The first-order valence-corrected chi connectivity index (χ1v) is 11.0. The van der Waals surface area contributed by atoms with E-state index in [2.05, 4.69) is 16.9 Å². The first-order chi connectivity index (χ1) is 15.2. The van der Waals surface area contributed by atoms with E-state index < -0.39 is 24.0 Å². The summed E-state index contributed by atoms with van der Waals surface area (Å²) in [4.78, 5) is 12.2. The Labute approximate surface area is 186 Å². The molecule has 1 atom stereocenters. The third-order valence-electron chi connectivity index (χ3n) is 4.89. The van der Waals surface area contributed by atoms with E-state index in [0.29, 0.717) is 17.8 Å². The zero-order chi connectivity index (χ0) is 23.4. The summed E-state index contributed by atoms with van der Waals surface area (Å²) in [5, 5.41) is 7.02. The van der Waals surface area contributed by atoms with E-state index in [1.165, 1.54) is 4.57 Å². The van der Waals surface area contributed by atoms with E-state index in [1.54, 1.807) is 53.5 Å². The number of hydrogen-bond acceptors (Lipinski definition) is 5. The molecule has 0 fully saturated rings. The molecule has 0 amide bonds. The van der Waals surface area contributed by atoms with Crippen molar-refractivity contribution >= 4 is 40.3 Å².